The molecule has 5 rings (SSSR count). The Bertz CT molecular complexity index is 1610. The Kier molecular flexibility index (Phi) is 6.03. The van der Waals surface area contributed by atoms with Gasteiger partial charge in [0.2, 0.25) is 0 Å². The lowest BCUT2D eigenvalue weighted by Crippen LogP contribution is -2.07. The molecule has 174 valence electrons. The average Bonchev–Trinajstić information content (AvgIpc) is 3.44. The second-order valence-electron chi connectivity index (χ2n) is 8.14. The number of benzene rings is 3. The molecule has 0 aliphatic heterocycles. The van der Waals surface area contributed by atoms with Crippen LogP contribution in [0.2, 0.25) is 0 Å². The lowest BCUT2D eigenvalue weighted by atomic mass is 10.1. The lowest BCUT2D eigenvalue weighted by molar-refractivity contribution is 0.217. The summed E-state index contributed by atoms with van der Waals surface area (Å²) < 4.78 is 8.60. The van der Waals surface area contributed by atoms with Gasteiger partial charge < -0.3 is 20.6 Å². The third-order valence-electron chi connectivity index (χ3n) is 5.76. The minimum absolute atomic E-state index is 0.370. The zero-order valence-electron chi connectivity index (χ0n) is 19.2. The minimum atomic E-state index is -0.943. The van der Waals surface area contributed by atoms with Gasteiger partial charge in [-0.15, -0.1) is 0 Å². The molecule has 3 aromatic carbocycles. The molecule has 1 unspecified atom stereocenters. The normalized spacial score (nSPS) is 11.8. The van der Waals surface area contributed by atoms with Crippen molar-refractivity contribution in [3.63, 3.8) is 0 Å². The van der Waals surface area contributed by atoms with Gasteiger partial charge in [-0.05, 0) is 61.0 Å². The predicted octanol–water partition coefficient (Wildman–Crippen LogP) is 6.19. The molecule has 0 aliphatic rings. The third kappa shape index (κ3) is 4.39. The maximum absolute atomic E-state index is 11.1. The van der Waals surface area contributed by atoms with Crippen molar-refractivity contribution < 1.29 is 9.84 Å². The number of aliphatic hydroxyl groups is 1. The molecule has 0 saturated heterocycles. The van der Waals surface area contributed by atoms with Crippen LogP contribution in [0.4, 0.5) is 5.82 Å². The van der Waals surface area contributed by atoms with Crippen molar-refractivity contribution in [2.24, 2.45) is 0 Å². The summed E-state index contributed by atoms with van der Waals surface area (Å²) in [6, 6.07) is 23.9. The number of nitrogens with zero attached hydrogens (tertiary/aromatic N) is 3. The zero-order valence-corrected chi connectivity index (χ0v) is 20.7. The molecule has 0 bridgehead atoms. The molecule has 7 nitrogen and oxygen atoms in total. The van der Waals surface area contributed by atoms with Crippen LogP contribution in [-0.2, 0) is 0 Å². The monoisotopic (exact) mass is 528 g/mol. The van der Waals surface area contributed by atoms with E-state index in [-0.39, 0.29) is 0 Å². The number of hydrogen-bond acceptors (Lipinski definition) is 4. The van der Waals surface area contributed by atoms with Crippen LogP contribution in [0.25, 0.3) is 21.4 Å². The van der Waals surface area contributed by atoms with Crippen LogP contribution in [0, 0.1) is 13.0 Å². The fourth-order valence-corrected chi connectivity index (χ4v) is 4.53. The fourth-order valence-electron chi connectivity index (χ4n) is 4.05. The number of H-pyrrole nitrogens is 1. The Morgan fingerprint density at radius 1 is 1.11 bits per heavy atom. The Labute approximate surface area is 210 Å². The van der Waals surface area contributed by atoms with Crippen LogP contribution in [0.5, 0.6) is 11.5 Å². The van der Waals surface area contributed by atoms with E-state index in [1.807, 2.05) is 73.7 Å². The quantitative estimate of drug-likeness (QED) is 0.253. The Hall–Kier alpha value is -4.06. The maximum atomic E-state index is 11.1. The van der Waals surface area contributed by atoms with Gasteiger partial charge in [-0.1, -0.05) is 32.9 Å². The molecule has 5 aromatic rings. The van der Waals surface area contributed by atoms with E-state index in [1.165, 1.54) is 0 Å². The summed E-state index contributed by atoms with van der Waals surface area (Å²) >= 11 is 3.55. The van der Waals surface area contributed by atoms with Gasteiger partial charge in [0.05, 0.1) is 11.9 Å². The second-order valence-corrected chi connectivity index (χ2v) is 8.99. The number of aryl methyl sites for hydroxylation is 1. The van der Waals surface area contributed by atoms with Gasteiger partial charge in [0.1, 0.15) is 29.0 Å². The summed E-state index contributed by atoms with van der Waals surface area (Å²) in [6.07, 6.45) is 0.656. The van der Waals surface area contributed by atoms with Crippen molar-refractivity contribution in [1.29, 1.82) is 0 Å². The molecule has 0 fully saturated rings. The number of anilines is 1. The van der Waals surface area contributed by atoms with Crippen LogP contribution in [0.1, 0.15) is 28.5 Å². The molecule has 2 aromatic heterocycles. The topological polar surface area (TPSA) is 93.5 Å². The smallest absolute Gasteiger partial charge is 0.310 e. The average molecular weight is 529 g/mol. The summed E-state index contributed by atoms with van der Waals surface area (Å²) in [5.74, 6) is 1.75. The van der Waals surface area contributed by atoms with Crippen molar-refractivity contribution in [3.05, 3.63) is 105 Å². The highest BCUT2D eigenvalue weighted by Crippen LogP contribution is 2.33. The molecular formula is C27H23BrN5O2+. The van der Waals surface area contributed by atoms with Gasteiger partial charge >= 0.3 is 6.07 Å². The van der Waals surface area contributed by atoms with Crippen molar-refractivity contribution in [3.8, 4) is 23.3 Å². The van der Waals surface area contributed by atoms with Gasteiger partial charge in [-0.2, -0.15) is 5.10 Å². The standard InChI is InChI=1S/C27H23BrN5O2/c1-16-11-19(35-18-6-3-5-17(12-18)14-30-2)9-10-25(16)33-27(29)21(15-31-33)26(34)24-13-20-22(28)7-4-8-23(20)32-24/h3-13,15,26,32,34H,29H2,1-2H3/q+1. The summed E-state index contributed by atoms with van der Waals surface area (Å²) in [5.41, 5.74) is 11.1. The van der Waals surface area contributed by atoms with Crippen LogP contribution >= 0.6 is 15.9 Å². The zero-order chi connectivity index (χ0) is 24.5. The van der Waals surface area contributed by atoms with Gasteiger partial charge in [-0.3, -0.25) is 0 Å². The highest BCUT2D eigenvalue weighted by molar-refractivity contribution is 9.10. The van der Waals surface area contributed by atoms with Crippen LogP contribution < -0.4 is 10.5 Å². The van der Waals surface area contributed by atoms with Crippen molar-refractivity contribution in [1.82, 2.24) is 14.8 Å². The third-order valence-corrected chi connectivity index (χ3v) is 6.46. The number of aromatic amines is 1. The van der Waals surface area contributed by atoms with E-state index in [4.69, 9.17) is 10.5 Å². The largest absolute Gasteiger partial charge is 0.457 e. The van der Waals surface area contributed by atoms with E-state index in [0.29, 0.717) is 28.6 Å². The Morgan fingerprint density at radius 2 is 1.91 bits per heavy atom. The molecular weight excluding hydrogens is 506 g/mol. The highest BCUT2D eigenvalue weighted by Gasteiger charge is 2.21. The van der Waals surface area contributed by atoms with E-state index in [9.17, 15) is 5.11 Å². The molecule has 8 heteroatoms. The van der Waals surface area contributed by atoms with Gasteiger partial charge in [0.25, 0.3) is 7.05 Å². The highest BCUT2D eigenvalue weighted by atomic mass is 79.9. The number of rotatable bonds is 5. The number of nitrogens with two attached hydrogens (primary N) is 1. The summed E-state index contributed by atoms with van der Waals surface area (Å²) in [5, 5.41) is 16.5. The molecule has 0 amide bonds. The van der Waals surface area contributed by atoms with Crippen molar-refractivity contribution in [2.45, 2.75) is 13.0 Å². The summed E-state index contributed by atoms with van der Waals surface area (Å²) in [4.78, 5) is 7.19. The first-order valence-corrected chi connectivity index (χ1v) is 11.8. The first-order valence-electron chi connectivity index (χ1n) is 11.0. The van der Waals surface area contributed by atoms with Crippen molar-refractivity contribution in [2.75, 3.05) is 12.8 Å². The van der Waals surface area contributed by atoms with E-state index < -0.39 is 6.10 Å². The molecule has 0 saturated carbocycles. The second kappa shape index (κ2) is 9.29. The molecule has 1 atom stereocenters. The Morgan fingerprint density at radius 3 is 2.69 bits per heavy atom. The molecule has 0 aliphatic carbocycles. The predicted molar refractivity (Wildman–Crippen MR) is 142 cm³/mol. The number of aliphatic hydroxyl groups excluding tert-OH is 1. The number of ether oxygens (including phenoxy) is 1. The minimum Gasteiger partial charge on any atom is -0.457 e. The van der Waals surface area contributed by atoms with Gasteiger partial charge in [0, 0.05) is 32.7 Å². The van der Waals surface area contributed by atoms with Crippen LogP contribution in [-0.4, -0.2) is 26.9 Å². The number of nitrogens with one attached hydrogen (secondary N) is 1. The fraction of sp³-hybridized carbons (Fsp3) is 0.111. The molecule has 0 radical (unpaired) electrons. The lowest BCUT2D eigenvalue weighted by Gasteiger charge is -2.13. The van der Waals surface area contributed by atoms with Crippen LogP contribution in [0.15, 0.2) is 77.4 Å². The van der Waals surface area contributed by atoms with Gasteiger partial charge in [0.15, 0.2) is 0 Å². The van der Waals surface area contributed by atoms with E-state index in [0.717, 1.165) is 32.2 Å². The number of halogens is 1. The van der Waals surface area contributed by atoms with Gasteiger partial charge in [-0.25, -0.2) is 4.68 Å². The molecule has 0 spiro atoms. The number of nitrogen functional groups attached to an aromatic ring is 1. The van der Waals surface area contributed by atoms with Crippen LogP contribution in [0.3, 0.4) is 0 Å². The van der Waals surface area contributed by atoms with E-state index >= 15 is 0 Å². The Balaban J connectivity index is 1.41. The summed E-state index contributed by atoms with van der Waals surface area (Å²) in [7, 11) is 1.68. The number of aromatic nitrogens is 3. The molecule has 2 heterocycles. The van der Waals surface area contributed by atoms with E-state index in [2.05, 4.69) is 36.9 Å². The summed E-state index contributed by atoms with van der Waals surface area (Å²) in [6.45, 7) is 1.96. The first-order chi connectivity index (χ1) is 16.9. The SMILES string of the molecule is C[N+]#Cc1cccc(Oc2ccc(-n3ncc(C(O)c4cc5c(Br)cccc5[nH]4)c3N)c(C)c2)c1. The maximum Gasteiger partial charge on any atom is 0.310 e. The number of fused-ring (bicyclic) bond motifs is 1. The molecule has 35 heavy (non-hydrogen) atoms. The first kappa shape index (κ1) is 22.7. The molecule has 4 N–H and O–H groups in total. The van der Waals surface area contributed by atoms with E-state index in [1.54, 1.807) is 17.9 Å². The van der Waals surface area contributed by atoms with Crippen molar-refractivity contribution >= 4 is 32.7 Å². The number of hydrogen-bond donors (Lipinski definition) is 3.